The van der Waals surface area contributed by atoms with Crippen molar-refractivity contribution in [1.29, 1.82) is 0 Å². The second kappa shape index (κ2) is 11.5. The average molecular weight is 427 g/mol. The SMILES string of the molecule is CCNC(=NCc1ccccc1S(=O)(=O)N(C)C)N1CCC(COCCOC)C1. The molecule has 1 N–H and O–H groups in total. The molecule has 2 rings (SSSR count). The van der Waals surface area contributed by atoms with E-state index in [9.17, 15) is 8.42 Å². The average Bonchev–Trinajstić information content (AvgIpc) is 3.17. The highest BCUT2D eigenvalue weighted by Gasteiger charge is 2.25. The van der Waals surface area contributed by atoms with Gasteiger partial charge in [-0.3, -0.25) is 0 Å². The van der Waals surface area contributed by atoms with Crippen LogP contribution in [-0.4, -0.2) is 84.2 Å². The van der Waals surface area contributed by atoms with Gasteiger partial charge in [-0.25, -0.2) is 17.7 Å². The van der Waals surface area contributed by atoms with E-state index in [0.29, 0.717) is 42.7 Å². The Hall–Kier alpha value is -1.68. The predicted octanol–water partition coefficient (Wildman–Crippen LogP) is 1.39. The van der Waals surface area contributed by atoms with Gasteiger partial charge < -0.3 is 19.7 Å². The lowest BCUT2D eigenvalue weighted by Gasteiger charge is -2.22. The highest BCUT2D eigenvalue weighted by atomic mass is 32.2. The number of hydrogen-bond acceptors (Lipinski definition) is 5. The van der Waals surface area contributed by atoms with Crippen molar-refractivity contribution in [2.45, 2.75) is 24.8 Å². The van der Waals surface area contributed by atoms with E-state index in [0.717, 1.165) is 32.0 Å². The third kappa shape index (κ3) is 6.67. The van der Waals surface area contributed by atoms with Gasteiger partial charge in [-0.2, -0.15) is 0 Å². The second-order valence-electron chi connectivity index (χ2n) is 7.23. The molecule has 164 valence electrons. The Morgan fingerprint density at radius 3 is 2.76 bits per heavy atom. The summed E-state index contributed by atoms with van der Waals surface area (Å²) in [5.74, 6) is 1.26. The number of ether oxygens (including phenoxy) is 2. The summed E-state index contributed by atoms with van der Waals surface area (Å²) < 4.78 is 37.1. The molecule has 1 heterocycles. The van der Waals surface area contributed by atoms with Crippen LogP contribution in [0.5, 0.6) is 0 Å². The number of likely N-dealkylation sites (tertiary alicyclic amines) is 1. The van der Waals surface area contributed by atoms with Gasteiger partial charge in [0, 0.05) is 46.8 Å². The summed E-state index contributed by atoms with van der Waals surface area (Å²) in [4.78, 5) is 7.25. The number of nitrogens with zero attached hydrogens (tertiary/aromatic N) is 3. The van der Waals surface area contributed by atoms with Crippen molar-refractivity contribution in [3.05, 3.63) is 29.8 Å². The molecule has 1 fully saturated rings. The molecular weight excluding hydrogens is 392 g/mol. The minimum atomic E-state index is -3.51. The zero-order valence-corrected chi connectivity index (χ0v) is 18.7. The summed E-state index contributed by atoms with van der Waals surface area (Å²) >= 11 is 0. The lowest BCUT2D eigenvalue weighted by molar-refractivity contribution is 0.0536. The van der Waals surface area contributed by atoms with E-state index >= 15 is 0 Å². The van der Waals surface area contributed by atoms with Gasteiger partial charge in [0.25, 0.3) is 0 Å². The quantitative estimate of drug-likeness (QED) is 0.346. The highest BCUT2D eigenvalue weighted by Crippen LogP contribution is 2.20. The minimum absolute atomic E-state index is 0.301. The lowest BCUT2D eigenvalue weighted by Crippen LogP contribution is -2.40. The van der Waals surface area contributed by atoms with Gasteiger partial charge in [-0.15, -0.1) is 0 Å². The van der Waals surface area contributed by atoms with Crippen LogP contribution >= 0.6 is 0 Å². The summed E-state index contributed by atoms with van der Waals surface area (Å²) in [6, 6.07) is 7.04. The normalized spacial score (nSPS) is 17.9. The van der Waals surface area contributed by atoms with E-state index < -0.39 is 10.0 Å². The van der Waals surface area contributed by atoms with Crippen LogP contribution < -0.4 is 5.32 Å². The smallest absolute Gasteiger partial charge is 0.242 e. The molecular formula is C20H34N4O4S. The number of hydrogen-bond donors (Lipinski definition) is 1. The molecule has 1 atom stereocenters. The molecule has 0 aliphatic carbocycles. The van der Waals surface area contributed by atoms with E-state index in [-0.39, 0.29) is 0 Å². The van der Waals surface area contributed by atoms with Gasteiger partial charge in [0.1, 0.15) is 0 Å². The van der Waals surface area contributed by atoms with E-state index in [1.54, 1.807) is 33.3 Å². The van der Waals surface area contributed by atoms with Crippen LogP contribution in [0.3, 0.4) is 0 Å². The minimum Gasteiger partial charge on any atom is -0.382 e. The Morgan fingerprint density at radius 2 is 2.07 bits per heavy atom. The maximum absolute atomic E-state index is 12.6. The summed E-state index contributed by atoms with van der Waals surface area (Å²) in [5, 5.41) is 3.33. The Morgan fingerprint density at radius 1 is 1.31 bits per heavy atom. The number of guanidine groups is 1. The first-order chi connectivity index (χ1) is 13.9. The van der Waals surface area contributed by atoms with E-state index in [1.807, 2.05) is 19.1 Å². The van der Waals surface area contributed by atoms with Gasteiger partial charge in [-0.05, 0) is 25.0 Å². The van der Waals surface area contributed by atoms with E-state index in [2.05, 4.69) is 10.2 Å². The summed E-state index contributed by atoms with van der Waals surface area (Å²) in [7, 11) is 1.24. The van der Waals surface area contributed by atoms with Crippen molar-refractivity contribution in [3.8, 4) is 0 Å². The first-order valence-electron chi connectivity index (χ1n) is 10.0. The number of sulfonamides is 1. The topological polar surface area (TPSA) is 83.5 Å². The van der Waals surface area contributed by atoms with E-state index in [1.165, 1.54) is 4.31 Å². The van der Waals surface area contributed by atoms with E-state index in [4.69, 9.17) is 14.5 Å². The van der Waals surface area contributed by atoms with Crippen LogP contribution in [-0.2, 0) is 26.0 Å². The van der Waals surface area contributed by atoms with Crippen LogP contribution in [0, 0.1) is 5.92 Å². The predicted molar refractivity (Wildman–Crippen MR) is 115 cm³/mol. The van der Waals surface area contributed by atoms with Crippen LogP contribution in [0.4, 0.5) is 0 Å². The van der Waals surface area contributed by atoms with Gasteiger partial charge in [0.15, 0.2) is 5.96 Å². The molecule has 9 heteroatoms. The fourth-order valence-electron chi connectivity index (χ4n) is 3.22. The molecule has 0 saturated carbocycles. The molecule has 0 spiro atoms. The maximum atomic E-state index is 12.6. The van der Waals surface area contributed by atoms with Crippen LogP contribution in [0.25, 0.3) is 0 Å². The van der Waals surface area contributed by atoms with Crippen molar-refractivity contribution in [2.24, 2.45) is 10.9 Å². The first-order valence-corrected chi connectivity index (χ1v) is 11.4. The molecule has 1 aromatic rings. The maximum Gasteiger partial charge on any atom is 0.242 e. The third-order valence-electron chi connectivity index (χ3n) is 4.84. The Balaban J connectivity index is 2.07. The van der Waals surface area contributed by atoms with Gasteiger partial charge in [0.05, 0.1) is 31.3 Å². The Labute approximate surface area is 174 Å². The molecule has 1 aliphatic rings. The summed E-state index contributed by atoms with van der Waals surface area (Å²) in [6.45, 7) is 6.79. The van der Waals surface area contributed by atoms with Crippen molar-refractivity contribution >= 4 is 16.0 Å². The fourth-order valence-corrected chi connectivity index (χ4v) is 4.33. The molecule has 1 aliphatic heterocycles. The van der Waals surface area contributed by atoms with Crippen LogP contribution in [0.15, 0.2) is 34.2 Å². The first kappa shape index (κ1) is 23.6. The molecule has 0 bridgehead atoms. The largest absolute Gasteiger partial charge is 0.382 e. The van der Waals surface area contributed by atoms with Crippen molar-refractivity contribution in [1.82, 2.24) is 14.5 Å². The molecule has 1 saturated heterocycles. The summed E-state index contributed by atoms with van der Waals surface area (Å²) in [6.07, 6.45) is 1.04. The monoisotopic (exact) mass is 426 g/mol. The number of rotatable bonds is 10. The number of methoxy groups -OCH3 is 1. The molecule has 0 aromatic heterocycles. The Bertz CT molecular complexity index is 767. The molecule has 8 nitrogen and oxygen atoms in total. The molecule has 0 amide bonds. The fraction of sp³-hybridized carbons (Fsp3) is 0.650. The summed E-state index contributed by atoms with van der Waals surface area (Å²) in [5.41, 5.74) is 0.690. The second-order valence-corrected chi connectivity index (χ2v) is 9.35. The van der Waals surface area contributed by atoms with Gasteiger partial charge in [-0.1, -0.05) is 18.2 Å². The van der Waals surface area contributed by atoms with Crippen LogP contribution in [0.2, 0.25) is 0 Å². The number of aliphatic imine (C=N–C) groups is 1. The number of benzene rings is 1. The Kier molecular flexibility index (Phi) is 9.35. The zero-order chi connectivity index (χ0) is 21.3. The van der Waals surface area contributed by atoms with Crippen molar-refractivity contribution in [3.63, 3.8) is 0 Å². The highest BCUT2D eigenvalue weighted by molar-refractivity contribution is 7.89. The van der Waals surface area contributed by atoms with Crippen molar-refractivity contribution < 1.29 is 17.9 Å². The number of nitrogens with one attached hydrogen (secondary N) is 1. The zero-order valence-electron chi connectivity index (χ0n) is 17.9. The lowest BCUT2D eigenvalue weighted by atomic mass is 10.1. The van der Waals surface area contributed by atoms with Crippen molar-refractivity contribution in [2.75, 3.05) is 60.7 Å². The third-order valence-corrected chi connectivity index (χ3v) is 6.75. The molecule has 1 unspecified atom stereocenters. The van der Waals surface area contributed by atoms with Gasteiger partial charge in [0.2, 0.25) is 10.0 Å². The van der Waals surface area contributed by atoms with Crippen LogP contribution in [0.1, 0.15) is 18.9 Å². The molecule has 29 heavy (non-hydrogen) atoms. The standard InChI is InChI=1S/C20H34N4O4S/c1-5-21-20(24-11-10-17(15-24)16-28-13-12-27-4)22-14-18-8-6-7-9-19(18)29(25,26)23(2)3/h6-9,17H,5,10-16H2,1-4H3,(H,21,22). The molecule has 1 aromatic carbocycles. The van der Waals surface area contributed by atoms with Gasteiger partial charge >= 0.3 is 0 Å². The molecule has 0 radical (unpaired) electrons.